The lowest BCUT2D eigenvalue weighted by atomic mass is 10.1. The Balaban J connectivity index is 1.58. The van der Waals surface area contributed by atoms with Crippen molar-refractivity contribution >= 4 is 10.9 Å². The normalized spacial score (nSPS) is 20.7. The summed E-state index contributed by atoms with van der Waals surface area (Å²) < 4.78 is 2.05. The number of para-hydroxylation sites is 1. The maximum atomic E-state index is 13.5. The molecule has 1 unspecified atom stereocenters. The first kappa shape index (κ1) is 18.4. The largest absolute Gasteiger partial charge is 0.292 e. The van der Waals surface area contributed by atoms with Crippen LogP contribution in [-0.4, -0.2) is 31.0 Å². The monoisotopic (exact) mass is 389 g/mol. The molecule has 0 bridgehead atoms. The van der Waals surface area contributed by atoms with Crippen molar-refractivity contribution in [3.63, 3.8) is 0 Å². The van der Waals surface area contributed by atoms with Crippen molar-refractivity contribution in [2.45, 2.75) is 64.1 Å². The van der Waals surface area contributed by atoms with Gasteiger partial charge >= 0.3 is 0 Å². The number of aryl methyl sites for hydroxylation is 1. The first-order valence-corrected chi connectivity index (χ1v) is 10.7. The predicted octanol–water partition coefficient (Wildman–Crippen LogP) is 3.95. The Morgan fingerprint density at radius 3 is 2.59 bits per heavy atom. The third-order valence-electron chi connectivity index (χ3n) is 6.41. The van der Waals surface area contributed by atoms with Gasteiger partial charge in [0.1, 0.15) is 11.6 Å². The quantitative estimate of drug-likeness (QED) is 0.676. The molecule has 0 N–H and O–H groups in total. The van der Waals surface area contributed by atoms with Crippen molar-refractivity contribution < 1.29 is 0 Å². The van der Waals surface area contributed by atoms with Crippen molar-refractivity contribution in [1.82, 2.24) is 24.4 Å². The Kier molecular flexibility index (Phi) is 4.87. The first-order valence-electron chi connectivity index (χ1n) is 10.7. The van der Waals surface area contributed by atoms with Gasteiger partial charge in [0, 0.05) is 30.5 Å². The zero-order chi connectivity index (χ0) is 19.8. The molecule has 1 atom stereocenters. The molecule has 3 heterocycles. The molecule has 1 aliphatic carbocycles. The summed E-state index contributed by atoms with van der Waals surface area (Å²) in [5.41, 5.74) is 2.05. The van der Waals surface area contributed by atoms with Crippen LogP contribution in [0, 0.1) is 6.92 Å². The van der Waals surface area contributed by atoms with Crippen LogP contribution in [0.2, 0.25) is 0 Å². The van der Waals surface area contributed by atoms with E-state index in [9.17, 15) is 4.79 Å². The maximum Gasteiger partial charge on any atom is 0.261 e. The number of hydrogen-bond acceptors (Lipinski definition) is 5. The molecule has 0 amide bonds. The van der Waals surface area contributed by atoms with Crippen molar-refractivity contribution in [3.05, 3.63) is 64.2 Å². The van der Waals surface area contributed by atoms with Crippen LogP contribution in [0.5, 0.6) is 0 Å². The molecule has 2 aliphatic rings. The molecule has 6 nitrogen and oxygen atoms in total. The average molecular weight is 390 g/mol. The maximum absolute atomic E-state index is 13.5. The lowest BCUT2D eigenvalue weighted by molar-refractivity contribution is 0.228. The van der Waals surface area contributed by atoms with Crippen molar-refractivity contribution in [2.75, 3.05) is 6.54 Å². The van der Waals surface area contributed by atoms with E-state index < -0.39 is 0 Å². The van der Waals surface area contributed by atoms with E-state index in [1.54, 1.807) is 0 Å². The summed E-state index contributed by atoms with van der Waals surface area (Å²) in [5, 5.41) is 0.736. The fourth-order valence-corrected chi connectivity index (χ4v) is 4.96. The predicted molar refractivity (Wildman–Crippen MR) is 113 cm³/mol. The highest BCUT2D eigenvalue weighted by Gasteiger charge is 2.33. The molecular formula is C23H27N5O. The molecule has 1 aromatic carbocycles. The van der Waals surface area contributed by atoms with E-state index >= 15 is 0 Å². The number of hydrogen-bond donors (Lipinski definition) is 0. The highest BCUT2D eigenvalue weighted by atomic mass is 16.1. The minimum absolute atomic E-state index is 0.128. The summed E-state index contributed by atoms with van der Waals surface area (Å²) in [6.07, 6.45) is 10.5. The van der Waals surface area contributed by atoms with Gasteiger partial charge in [-0.2, -0.15) is 0 Å². The molecule has 1 saturated carbocycles. The second-order valence-corrected chi connectivity index (χ2v) is 8.37. The molecule has 0 spiro atoms. The summed E-state index contributed by atoms with van der Waals surface area (Å²) >= 11 is 0. The van der Waals surface area contributed by atoms with Crippen LogP contribution in [0.1, 0.15) is 67.8 Å². The van der Waals surface area contributed by atoms with Crippen LogP contribution in [0.15, 0.2) is 41.5 Å². The van der Waals surface area contributed by atoms with Crippen molar-refractivity contribution in [1.29, 1.82) is 0 Å². The minimum atomic E-state index is 0.128. The Morgan fingerprint density at radius 1 is 1.03 bits per heavy atom. The summed E-state index contributed by atoms with van der Waals surface area (Å²) in [6, 6.07) is 8.22. The van der Waals surface area contributed by atoms with Gasteiger partial charge in [0.25, 0.3) is 5.56 Å². The molecule has 150 valence electrons. The Labute approximate surface area is 170 Å². The van der Waals surface area contributed by atoms with E-state index in [1.807, 2.05) is 48.1 Å². The average Bonchev–Trinajstić information content (AvgIpc) is 3.42. The molecule has 2 aromatic heterocycles. The van der Waals surface area contributed by atoms with E-state index in [4.69, 9.17) is 4.98 Å². The summed E-state index contributed by atoms with van der Waals surface area (Å²) in [6.45, 7) is 3.70. The molecular weight excluding hydrogens is 362 g/mol. The Morgan fingerprint density at radius 2 is 1.79 bits per heavy atom. The first-order chi connectivity index (χ1) is 14.2. The van der Waals surface area contributed by atoms with Gasteiger partial charge in [-0.1, -0.05) is 25.0 Å². The van der Waals surface area contributed by atoms with Gasteiger partial charge in [0.05, 0.1) is 16.9 Å². The number of rotatable bonds is 4. The van der Waals surface area contributed by atoms with Crippen molar-refractivity contribution in [3.8, 4) is 0 Å². The molecule has 1 saturated heterocycles. The molecule has 29 heavy (non-hydrogen) atoms. The highest BCUT2D eigenvalue weighted by Crippen LogP contribution is 2.36. The standard InChI is InChI=1S/C23H27N5O/c1-16-24-13-17(14-25-16)15-27-12-6-11-21(27)22-26-20-10-5-4-9-19(20)23(29)28(22)18-7-2-3-8-18/h4-5,9-10,13-14,18,21H,2-3,6-8,11-12,15H2,1H3. The second-order valence-electron chi connectivity index (χ2n) is 8.37. The van der Waals surface area contributed by atoms with Gasteiger partial charge in [0.2, 0.25) is 0 Å². The van der Waals surface area contributed by atoms with Crippen LogP contribution in [0.25, 0.3) is 10.9 Å². The topological polar surface area (TPSA) is 63.9 Å². The molecule has 6 heteroatoms. The van der Waals surface area contributed by atoms with Crippen molar-refractivity contribution in [2.24, 2.45) is 0 Å². The highest BCUT2D eigenvalue weighted by molar-refractivity contribution is 5.77. The van der Waals surface area contributed by atoms with E-state index in [0.29, 0.717) is 0 Å². The molecule has 1 aliphatic heterocycles. The molecule has 5 rings (SSSR count). The number of benzene rings is 1. The fourth-order valence-electron chi connectivity index (χ4n) is 4.96. The number of nitrogens with zero attached hydrogens (tertiary/aromatic N) is 5. The van der Waals surface area contributed by atoms with Gasteiger partial charge in [0.15, 0.2) is 0 Å². The minimum Gasteiger partial charge on any atom is -0.292 e. The van der Waals surface area contributed by atoms with Crippen LogP contribution in [0.3, 0.4) is 0 Å². The fraction of sp³-hybridized carbons (Fsp3) is 0.478. The smallest absolute Gasteiger partial charge is 0.261 e. The Hall–Kier alpha value is -2.60. The van der Waals surface area contributed by atoms with Gasteiger partial charge in [-0.3, -0.25) is 14.3 Å². The van der Waals surface area contributed by atoms with Crippen LogP contribution in [-0.2, 0) is 6.54 Å². The summed E-state index contributed by atoms with van der Waals surface area (Å²) in [4.78, 5) is 29.7. The van der Waals surface area contributed by atoms with E-state index in [-0.39, 0.29) is 17.6 Å². The zero-order valence-electron chi connectivity index (χ0n) is 16.9. The summed E-state index contributed by atoms with van der Waals surface area (Å²) in [5.74, 6) is 1.74. The van der Waals surface area contributed by atoms with Gasteiger partial charge in [-0.25, -0.2) is 15.0 Å². The van der Waals surface area contributed by atoms with Crippen LogP contribution in [0.4, 0.5) is 0 Å². The zero-order valence-corrected chi connectivity index (χ0v) is 16.9. The van der Waals surface area contributed by atoms with Gasteiger partial charge < -0.3 is 0 Å². The number of likely N-dealkylation sites (tertiary alicyclic amines) is 1. The van der Waals surface area contributed by atoms with E-state index in [2.05, 4.69) is 14.9 Å². The number of fused-ring (bicyclic) bond motifs is 1. The van der Waals surface area contributed by atoms with Gasteiger partial charge in [-0.05, 0) is 51.3 Å². The molecule has 0 radical (unpaired) electrons. The number of aromatic nitrogens is 4. The summed E-state index contributed by atoms with van der Waals surface area (Å²) in [7, 11) is 0. The Bertz CT molecular complexity index is 1070. The SMILES string of the molecule is Cc1ncc(CN2CCCC2c2nc3ccccc3c(=O)n2C2CCCC2)cn1. The molecule has 2 fully saturated rings. The van der Waals surface area contributed by atoms with Crippen LogP contribution < -0.4 is 5.56 Å². The lowest BCUT2D eigenvalue weighted by Crippen LogP contribution is -2.33. The molecule has 3 aromatic rings. The third kappa shape index (κ3) is 3.46. The van der Waals surface area contributed by atoms with E-state index in [1.165, 1.54) is 12.8 Å². The van der Waals surface area contributed by atoms with Crippen LogP contribution >= 0.6 is 0 Å². The second kappa shape index (κ2) is 7.67. The lowest BCUT2D eigenvalue weighted by Gasteiger charge is -2.28. The van der Waals surface area contributed by atoms with Gasteiger partial charge in [-0.15, -0.1) is 0 Å². The van der Waals surface area contributed by atoms with E-state index in [0.717, 1.165) is 66.9 Å². The third-order valence-corrected chi connectivity index (χ3v) is 6.41.